The summed E-state index contributed by atoms with van der Waals surface area (Å²) in [6, 6.07) is 9.06. The van der Waals surface area contributed by atoms with Crippen LogP contribution in [0.5, 0.6) is 0 Å². The highest BCUT2D eigenvalue weighted by molar-refractivity contribution is 5.87. The summed E-state index contributed by atoms with van der Waals surface area (Å²) in [4.78, 5) is 11.0. The number of benzene rings is 1. The van der Waals surface area contributed by atoms with Gasteiger partial charge in [0, 0.05) is 11.6 Å². The van der Waals surface area contributed by atoms with Gasteiger partial charge in [0.05, 0.1) is 0 Å². The van der Waals surface area contributed by atoms with E-state index in [9.17, 15) is 9.90 Å². The van der Waals surface area contributed by atoms with Crippen molar-refractivity contribution in [3.8, 4) is 0 Å². The van der Waals surface area contributed by atoms with Crippen molar-refractivity contribution in [2.24, 2.45) is 0 Å². The molecular weight excluding hydrogens is 192 g/mol. The van der Waals surface area contributed by atoms with Crippen LogP contribution in [0.2, 0.25) is 0 Å². The Morgan fingerprint density at radius 1 is 1.40 bits per heavy atom. The van der Waals surface area contributed by atoms with Crippen molar-refractivity contribution in [1.82, 2.24) is 0 Å². The van der Waals surface area contributed by atoms with Gasteiger partial charge in [0.2, 0.25) is 0 Å². The minimum atomic E-state index is -0.639. The van der Waals surface area contributed by atoms with E-state index >= 15 is 0 Å². The molecule has 0 fully saturated rings. The van der Waals surface area contributed by atoms with Crippen molar-refractivity contribution in [2.75, 3.05) is 0 Å². The second kappa shape index (κ2) is 5.00. The molecule has 1 aromatic carbocycles. The van der Waals surface area contributed by atoms with Crippen LogP contribution in [0.3, 0.4) is 0 Å². The van der Waals surface area contributed by atoms with Crippen molar-refractivity contribution in [3.63, 3.8) is 0 Å². The van der Waals surface area contributed by atoms with Crippen LogP contribution in [0, 0.1) is 0 Å². The molecule has 15 heavy (non-hydrogen) atoms. The monoisotopic (exact) mass is 204 g/mol. The largest absolute Gasteiger partial charge is 0.481 e. The summed E-state index contributed by atoms with van der Waals surface area (Å²) in [6.07, 6.45) is 1.36. The molecule has 0 radical (unpaired) electrons. The fourth-order valence-corrected chi connectivity index (χ4v) is 0.903. The zero-order valence-corrected chi connectivity index (χ0v) is 8.43. The third-order valence-corrected chi connectivity index (χ3v) is 1.64. The summed E-state index contributed by atoms with van der Waals surface area (Å²) in [5.74, 6) is -1.08. The zero-order valence-electron chi connectivity index (χ0n) is 8.43. The molecule has 1 N–H and O–H groups in total. The third-order valence-electron chi connectivity index (χ3n) is 1.64. The molecule has 0 atom stereocenters. The Morgan fingerprint density at radius 2 is 2.00 bits per heavy atom. The van der Waals surface area contributed by atoms with E-state index in [1.165, 1.54) is 13.0 Å². The summed E-state index contributed by atoms with van der Waals surface area (Å²) in [5.41, 5.74) is 0.993. The summed E-state index contributed by atoms with van der Waals surface area (Å²) >= 11 is 0. The molecule has 0 aliphatic heterocycles. The van der Waals surface area contributed by atoms with E-state index in [2.05, 4.69) is 11.3 Å². The smallest absolute Gasteiger partial charge is 0.340 e. The van der Waals surface area contributed by atoms with Crippen LogP contribution < -0.4 is 0 Å². The van der Waals surface area contributed by atoms with Gasteiger partial charge in [-0.05, 0) is 12.5 Å². The Morgan fingerprint density at radius 3 is 2.53 bits per heavy atom. The van der Waals surface area contributed by atoms with E-state index in [0.717, 1.165) is 5.56 Å². The quantitative estimate of drug-likeness (QED) is 0.467. The number of aliphatic hydroxyl groups is 1. The number of esters is 1. The number of aliphatic hydroxyl groups excluding tert-OH is 1. The molecule has 0 heterocycles. The zero-order chi connectivity index (χ0) is 11.3. The third kappa shape index (κ3) is 3.68. The lowest BCUT2D eigenvalue weighted by Gasteiger charge is -2.01. The molecule has 78 valence electrons. The van der Waals surface area contributed by atoms with Crippen molar-refractivity contribution in [1.29, 1.82) is 0 Å². The molecule has 0 spiro atoms. The molecule has 0 amide bonds. The van der Waals surface area contributed by atoms with E-state index < -0.39 is 11.9 Å². The van der Waals surface area contributed by atoms with Crippen molar-refractivity contribution in [3.05, 3.63) is 54.0 Å². The van der Waals surface area contributed by atoms with Gasteiger partial charge in [0.25, 0.3) is 5.95 Å². The topological polar surface area (TPSA) is 46.5 Å². The Balaban J connectivity index is 2.69. The van der Waals surface area contributed by atoms with Gasteiger partial charge in [-0.25, -0.2) is 4.79 Å². The van der Waals surface area contributed by atoms with Crippen LogP contribution in [0.15, 0.2) is 48.4 Å². The van der Waals surface area contributed by atoms with Crippen LogP contribution in [0.25, 0.3) is 6.08 Å². The maximum atomic E-state index is 11.0. The summed E-state index contributed by atoms with van der Waals surface area (Å²) in [7, 11) is 0. The molecule has 0 aliphatic rings. The Hall–Kier alpha value is -2.03. The van der Waals surface area contributed by atoms with Gasteiger partial charge in [-0.3, -0.25) is 0 Å². The Kier molecular flexibility index (Phi) is 3.68. The Bertz CT molecular complexity index is 391. The van der Waals surface area contributed by atoms with E-state index in [1.54, 1.807) is 12.1 Å². The molecule has 0 saturated heterocycles. The first kappa shape index (κ1) is 11.0. The molecule has 3 heteroatoms. The van der Waals surface area contributed by atoms with E-state index in [1.807, 2.05) is 18.2 Å². The first-order valence-corrected chi connectivity index (χ1v) is 4.43. The fourth-order valence-electron chi connectivity index (χ4n) is 0.903. The predicted molar refractivity (Wildman–Crippen MR) is 58.0 cm³/mol. The van der Waals surface area contributed by atoms with Gasteiger partial charge in [-0.2, -0.15) is 0 Å². The van der Waals surface area contributed by atoms with E-state index in [-0.39, 0.29) is 5.57 Å². The van der Waals surface area contributed by atoms with Gasteiger partial charge >= 0.3 is 5.97 Å². The van der Waals surface area contributed by atoms with Crippen molar-refractivity contribution < 1.29 is 14.6 Å². The van der Waals surface area contributed by atoms with E-state index in [0.29, 0.717) is 0 Å². The highest BCUT2D eigenvalue weighted by Gasteiger charge is 2.05. The lowest BCUT2D eigenvalue weighted by atomic mass is 10.2. The molecule has 0 aliphatic carbocycles. The van der Waals surface area contributed by atoms with Gasteiger partial charge in [-0.15, -0.1) is 0 Å². The Labute approximate surface area is 88.3 Å². The average molecular weight is 204 g/mol. The normalized spacial score (nSPS) is 10.9. The molecular formula is C12H12O3. The number of carbonyl (C=O) groups excluding carboxylic acids is 1. The predicted octanol–water partition coefficient (Wildman–Crippen LogP) is 2.66. The van der Waals surface area contributed by atoms with Gasteiger partial charge in [-0.1, -0.05) is 36.9 Å². The highest BCUT2D eigenvalue weighted by atomic mass is 16.6. The molecule has 1 aromatic rings. The molecule has 0 bridgehead atoms. The number of ether oxygens (including phenoxy) is 1. The highest BCUT2D eigenvalue weighted by Crippen LogP contribution is 2.06. The lowest BCUT2D eigenvalue weighted by molar-refractivity contribution is -0.138. The SMILES string of the molecule is C=C(C)C(=O)OC(O)=Cc1ccccc1. The summed E-state index contributed by atoms with van der Waals surface area (Å²) in [5, 5.41) is 9.30. The number of hydrogen-bond acceptors (Lipinski definition) is 3. The molecule has 0 aromatic heterocycles. The van der Waals surface area contributed by atoms with Crippen LogP contribution in [0.4, 0.5) is 0 Å². The maximum absolute atomic E-state index is 11.0. The van der Waals surface area contributed by atoms with Crippen molar-refractivity contribution >= 4 is 12.0 Å². The van der Waals surface area contributed by atoms with Gasteiger partial charge < -0.3 is 9.84 Å². The fraction of sp³-hybridized carbons (Fsp3) is 0.0833. The van der Waals surface area contributed by atoms with Gasteiger partial charge in [0.1, 0.15) is 0 Å². The van der Waals surface area contributed by atoms with Crippen LogP contribution in [-0.2, 0) is 9.53 Å². The average Bonchev–Trinajstić information content (AvgIpc) is 2.18. The molecule has 3 nitrogen and oxygen atoms in total. The first-order valence-electron chi connectivity index (χ1n) is 4.43. The van der Waals surface area contributed by atoms with Crippen LogP contribution in [-0.4, -0.2) is 11.1 Å². The second-order valence-electron chi connectivity index (χ2n) is 3.06. The van der Waals surface area contributed by atoms with Gasteiger partial charge in [0.15, 0.2) is 0 Å². The summed E-state index contributed by atoms with van der Waals surface area (Å²) in [6.45, 7) is 4.91. The maximum Gasteiger partial charge on any atom is 0.340 e. The standard InChI is InChI=1S/C12H12O3/c1-9(2)12(14)15-11(13)8-10-6-4-3-5-7-10/h3-8,13H,1H2,2H3. The second-order valence-corrected chi connectivity index (χ2v) is 3.06. The first-order chi connectivity index (χ1) is 7.09. The van der Waals surface area contributed by atoms with Crippen molar-refractivity contribution in [2.45, 2.75) is 6.92 Å². The number of hydrogen-bond donors (Lipinski definition) is 1. The minimum absolute atomic E-state index is 0.239. The lowest BCUT2D eigenvalue weighted by Crippen LogP contribution is -2.04. The number of carbonyl (C=O) groups is 1. The molecule has 0 saturated carbocycles. The summed E-state index contributed by atoms with van der Waals surface area (Å²) < 4.78 is 4.59. The van der Waals surface area contributed by atoms with Crippen LogP contribution >= 0.6 is 0 Å². The minimum Gasteiger partial charge on any atom is -0.481 e. The molecule has 1 rings (SSSR count). The van der Waals surface area contributed by atoms with Crippen LogP contribution in [0.1, 0.15) is 12.5 Å². The molecule has 0 unspecified atom stereocenters. The van der Waals surface area contributed by atoms with E-state index in [4.69, 9.17) is 0 Å². The number of rotatable bonds is 3.